The van der Waals surface area contributed by atoms with Gasteiger partial charge in [0.05, 0.1) is 5.88 Å². The van der Waals surface area contributed by atoms with Crippen molar-refractivity contribution < 1.29 is 0 Å². The van der Waals surface area contributed by atoms with Crippen molar-refractivity contribution in [1.82, 2.24) is 4.98 Å². The van der Waals surface area contributed by atoms with E-state index in [0.717, 1.165) is 18.9 Å². The molecule has 2 nitrogen and oxygen atoms in total. The molecular weight excluding hydrogens is 244 g/mol. The lowest BCUT2D eigenvalue weighted by atomic mass is 9.77. The minimum Gasteiger partial charge on any atom is -0.356 e. The molecule has 0 aromatic carbocycles. The van der Waals surface area contributed by atoms with Crippen molar-refractivity contribution in [1.29, 1.82) is 0 Å². The second-order valence-corrected chi connectivity index (χ2v) is 6.08. The third-order valence-electron chi connectivity index (χ3n) is 4.80. The number of pyridine rings is 1. The number of halogens is 1. The number of hydrogen-bond acceptors (Lipinski definition) is 2. The van der Waals surface area contributed by atoms with Crippen LogP contribution in [0, 0.1) is 5.41 Å². The van der Waals surface area contributed by atoms with Gasteiger partial charge < -0.3 is 4.90 Å². The third-order valence-corrected chi connectivity index (χ3v) is 5.09. The first-order chi connectivity index (χ1) is 8.83. The second-order valence-electron chi connectivity index (χ2n) is 5.81. The maximum atomic E-state index is 6.01. The second kappa shape index (κ2) is 5.08. The summed E-state index contributed by atoms with van der Waals surface area (Å²) in [5.41, 5.74) is 1.84. The highest BCUT2D eigenvalue weighted by molar-refractivity contribution is 6.17. The minimum absolute atomic E-state index is 0.560. The zero-order chi connectivity index (χ0) is 12.4. The molecule has 0 atom stereocenters. The van der Waals surface area contributed by atoms with Crippen molar-refractivity contribution >= 4 is 17.4 Å². The monoisotopic (exact) mass is 264 g/mol. The van der Waals surface area contributed by atoms with Gasteiger partial charge in [0.2, 0.25) is 0 Å². The van der Waals surface area contributed by atoms with Crippen molar-refractivity contribution in [3.8, 4) is 0 Å². The molecule has 18 heavy (non-hydrogen) atoms. The molecule has 1 aliphatic carbocycles. The topological polar surface area (TPSA) is 16.1 Å². The van der Waals surface area contributed by atoms with Crippen LogP contribution in [0.3, 0.4) is 0 Å². The van der Waals surface area contributed by atoms with Crippen LogP contribution in [0.25, 0.3) is 0 Å². The van der Waals surface area contributed by atoms with Gasteiger partial charge in [-0.3, -0.25) is 0 Å². The van der Waals surface area contributed by atoms with Crippen molar-refractivity contribution in [3.05, 3.63) is 23.9 Å². The molecule has 0 radical (unpaired) electrons. The first-order valence-corrected chi connectivity index (χ1v) is 7.61. The molecule has 2 fully saturated rings. The van der Waals surface area contributed by atoms with E-state index < -0.39 is 0 Å². The summed E-state index contributed by atoms with van der Waals surface area (Å²) in [6.07, 6.45) is 10.3. The lowest BCUT2D eigenvalue weighted by Gasteiger charge is -2.40. The van der Waals surface area contributed by atoms with E-state index in [0.29, 0.717) is 11.3 Å². The van der Waals surface area contributed by atoms with E-state index in [1.165, 1.54) is 44.1 Å². The van der Waals surface area contributed by atoms with Gasteiger partial charge in [-0.25, -0.2) is 4.98 Å². The van der Waals surface area contributed by atoms with Gasteiger partial charge in [0.15, 0.2) is 0 Å². The Labute approximate surface area is 114 Å². The van der Waals surface area contributed by atoms with Gasteiger partial charge in [-0.2, -0.15) is 0 Å². The smallest absolute Gasteiger partial charge is 0.132 e. The highest BCUT2D eigenvalue weighted by Gasteiger charge is 2.37. The van der Waals surface area contributed by atoms with Crippen LogP contribution in [0.4, 0.5) is 5.82 Å². The molecule has 1 aliphatic heterocycles. The Kier molecular flexibility index (Phi) is 3.47. The molecule has 1 saturated heterocycles. The number of nitrogens with zero attached hydrogens (tertiary/aromatic N) is 2. The summed E-state index contributed by atoms with van der Waals surface area (Å²) in [7, 11) is 0. The highest BCUT2D eigenvalue weighted by atomic mass is 35.5. The molecule has 1 aromatic rings. The van der Waals surface area contributed by atoms with E-state index in [-0.39, 0.29) is 0 Å². The van der Waals surface area contributed by atoms with E-state index in [9.17, 15) is 0 Å². The summed E-state index contributed by atoms with van der Waals surface area (Å²) in [5.74, 6) is 1.67. The molecule has 0 amide bonds. The highest BCUT2D eigenvalue weighted by Crippen LogP contribution is 2.46. The van der Waals surface area contributed by atoms with Crippen LogP contribution in [-0.4, -0.2) is 18.1 Å². The van der Waals surface area contributed by atoms with E-state index in [2.05, 4.69) is 16.0 Å². The number of piperidine rings is 1. The fourth-order valence-electron chi connectivity index (χ4n) is 3.64. The van der Waals surface area contributed by atoms with Gasteiger partial charge >= 0.3 is 0 Å². The minimum atomic E-state index is 0.560. The average molecular weight is 265 g/mol. The Bertz CT molecular complexity index is 403. The van der Waals surface area contributed by atoms with Crippen LogP contribution < -0.4 is 4.90 Å². The maximum Gasteiger partial charge on any atom is 0.132 e. The number of rotatable bonds is 2. The Hall–Kier alpha value is -0.760. The molecule has 98 valence electrons. The first kappa shape index (κ1) is 12.3. The number of anilines is 1. The average Bonchev–Trinajstić information content (AvgIpc) is 2.88. The van der Waals surface area contributed by atoms with Gasteiger partial charge in [0.1, 0.15) is 5.82 Å². The molecule has 0 unspecified atom stereocenters. The zero-order valence-corrected chi connectivity index (χ0v) is 11.6. The van der Waals surface area contributed by atoms with Crippen molar-refractivity contribution in [2.24, 2.45) is 5.41 Å². The van der Waals surface area contributed by atoms with Gasteiger partial charge in [-0.1, -0.05) is 18.9 Å². The van der Waals surface area contributed by atoms with Crippen LogP contribution in [0.15, 0.2) is 18.3 Å². The Morgan fingerprint density at radius 3 is 2.56 bits per heavy atom. The fourth-order valence-corrected chi connectivity index (χ4v) is 3.85. The van der Waals surface area contributed by atoms with Crippen LogP contribution in [-0.2, 0) is 5.88 Å². The van der Waals surface area contributed by atoms with E-state index in [1.54, 1.807) is 0 Å². The summed E-state index contributed by atoms with van der Waals surface area (Å²) < 4.78 is 0. The van der Waals surface area contributed by atoms with E-state index in [4.69, 9.17) is 11.6 Å². The van der Waals surface area contributed by atoms with Crippen molar-refractivity contribution in [3.63, 3.8) is 0 Å². The molecular formula is C15H21ClN2. The molecule has 0 bridgehead atoms. The molecule has 0 N–H and O–H groups in total. The van der Waals surface area contributed by atoms with Gasteiger partial charge in [0, 0.05) is 24.8 Å². The Morgan fingerprint density at radius 1 is 1.17 bits per heavy atom. The van der Waals surface area contributed by atoms with Crippen LogP contribution in [0.1, 0.15) is 44.1 Å². The zero-order valence-electron chi connectivity index (χ0n) is 10.9. The summed E-state index contributed by atoms with van der Waals surface area (Å²) in [5, 5.41) is 0. The summed E-state index contributed by atoms with van der Waals surface area (Å²) in [6, 6.07) is 4.07. The maximum absolute atomic E-state index is 6.01. The summed E-state index contributed by atoms with van der Waals surface area (Å²) in [4.78, 5) is 6.96. The first-order valence-electron chi connectivity index (χ1n) is 7.08. The van der Waals surface area contributed by atoms with Crippen molar-refractivity contribution in [2.75, 3.05) is 18.0 Å². The molecule has 1 spiro atoms. The predicted molar refractivity (Wildman–Crippen MR) is 76.1 cm³/mol. The molecule has 1 aromatic heterocycles. The number of aromatic nitrogens is 1. The Morgan fingerprint density at radius 2 is 1.89 bits per heavy atom. The normalized spacial score (nSPS) is 22.6. The summed E-state index contributed by atoms with van der Waals surface area (Å²) in [6.45, 7) is 2.31. The van der Waals surface area contributed by atoms with Crippen LogP contribution >= 0.6 is 11.6 Å². The predicted octanol–water partition coefficient (Wildman–Crippen LogP) is 3.98. The fraction of sp³-hybridized carbons (Fsp3) is 0.667. The quantitative estimate of drug-likeness (QED) is 0.751. The van der Waals surface area contributed by atoms with E-state index in [1.807, 2.05) is 12.3 Å². The number of hydrogen-bond donors (Lipinski definition) is 0. The Balaban J connectivity index is 1.72. The SMILES string of the molecule is ClCc1cccnc1N1CCC2(CCCC2)CC1. The molecule has 2 aliphatic rings. The van der Waals surface area contributed by atoms with Crippen molar-refractivity contribution in [2.45, 2.75) is 44.4 Å². The van der Waals surface area contributed by atoms with Crippen LogP contribution in [0.5, 0.6) is 0 Å². The van der Waals surface area contributed by atoms with Gasteiger partial charge in [-0.15, -0.1) is 11.6 Å². The van der Waals surface area contributed by atoms with Crippen LogP contribution in [0.2, 0.25) is 0 Å². The largest absolute Gasteiger partial charge is 0.356 e. The van der Waals surface area contributed by atoms with E-state index >= 15 is 0 Å². The summed E-state index contributed by atoms with van der Waals surface area (Å²) >= 11 is 6.01. The molecule has 3 rings (SSSR count). The lowest BCUT2D eigenvalue weighted by Crippen LogP contribution is -2.39. The standard InChI is InChI=1S/C15H21ClN2/c16-12-13-4-3-9-17-14(13)18-10-7-15(8-11-18)5-1-2-6-15/h3-4,9H,1-2,5-8,10-12H2. The lowest BCUT2D eigenvalue weighted by molar-refractivity contribution is 0.226. The molecule has 1 saturated carbocycles. The molecule has 3 heteroatoms. The van der Waals surface area contributed by atoms with Gasteiger partial charge in [-0.05, 0) is 37.2 Å². The third kappa shape index (κ3) is 2.23. The number of alkyl halides is 1. The van der Waals surface area contributed by atoms with Gasteiger partial charge in [0.25, 0.3) is 0 Å². The molecule has 2 heterocycles.